The number of carboxylic acid groups (broad SMARTS) is 1. The molecule has 1 aromatic heterocycles. The van der Waals surface area contributed by atoms with Crippen LogP contribution in [0.15, 0.2) is 36.5 Å². The summed E-state index contributed by atoms with van der Waals surface area (Å²) >= 11 is 0. The highest BCUT2D eigenvalue weighted by Gasteiger charge is 2.18. The van der Waals surface area contributed by atoms with Crippen molar-refractivity contribution < 1.29 is 14.7 Å². The number of benzene rings is 1. The van der Waals surface area contributed by atoms with E-state index in [4.69, 9.17) is 5.11 Å². The lowest BCUT2D eigenvalue weighted by atomic mass is 10.0. The van der Waals surface area contributed by atoms with Crippen LogP contribution in [0.4, 0.5) is 0 Å². The van der Waals surface area contributed by atoms with Crippen molar-refractivity contribution in [1.82, 2.24) is 20.3 Å². The van der Waals surface area contributed by atoms with E-state index in [1.807, 2.05) is 30.3 Å². The Balaban J connectivity index is 2.05. The lowest BCUT2D eigenvalue weighted by Gasteiger charge is -2.18. The second-order valence-electron chi connectivity index (χ2n) is 5.04. The van der Waals surface area contributed by atoms with E-state index in [1.54, 1.807) is 7.05 Å². The highest BCUT2D eigenvalue weighted by atomic mass is 16.4. The van der Waals surface area contributed by atoms with Gasteiger partial charge in [-0.2, -0.15) is 0 Å². The molecule has 2 rings (SSSR count). The number of amides is 1. The number of carboxylic acids is 1. The third kappa shape index (κ3) is 4.41. The SMILES string of the molecule is Cn1nncc1C(=O)NC(CCC(=O)O)Cc1ccccc1. The first kappa shape index (κ1) is 15.7. The van der Waals surface area contributed by atoms with Gasteiger partial charge in [0, 0.05) is 19.5 Å². The lowest BCUT2D eigenvalue weighted by Crippen LogP contribution is -2.37. The van der Waals surface area contributed by atoms with E-state index in [-0.39, 0.29) is 18.4 Å². The van der Waals surface area contributed by atoms with Gasteiger partial charge < -0.3 is 10.4 Å². The van der Waals surface area contributed by atoms with Gasteiger partial charge in [-0.05, 0) is 18.4 Å². The van der Waals surface area contributed by atoms with Crippen LogP contribution >= 0.6 is 0 Å². The third-order valence-electron chi connectivity index (χ3n) is 3.31. The molecule has 116 valence electrons. The van der Waals surface area contributed by atoms with E-state index in [9.17, 15) is 9.59 Å². The van der Waals surface area contributed by atoms with Crippen molar-refractivity contribution in [2.24, 2.45) is 7.05 Å². The van der Waals surface area contributed by atoms with Crippen molar-refractivity contribution >= 4 is 11.9 Å². The second-order valence-corrected chi connectivity index (χ2v) is 5.04. The summed E-state index contributed by atoms with van der Waals surface area (Å²) < 4.78 is 1.38. The molecule has 7 heteroatoms. The highest BCUT2D eigenvalue weighted by Crippen LogP contribution is 2.09. The highest BCUT2D eigenvalue weighted by molar-refractivity contribution is 5.92. The number of nitrogens with zero attached hydrogens (tertiary/aromatic N) is 3. The Morgan fingerprint density at radius 2 is 2.05 bits per heavy atom. The molecule has 0 radical (unpaired) electrons. The zero-order valence-electron chi connectivity index (χ0n) is 12.3. The van der Waals surface area contributed by atoms with E-state index < -0.39 is 5.97 Å². The van der Waals surface area contributed by atoms with Crippen LogP contribution in [-0.4, -0.2) is 38.0 Å². The summed E-state index contributed by atoms with van der Waals surface area (Å²) in [4.78, 5) is 23.0. The van der Waals surface area contributed by atoms with Crippen LogP contribution in [0, 0.1) is 0 Å². The van der Waals surface area contributed by atoms with Crippen molar-refractivity contribution in [2.45, 2.75) is 25.3 Å². The fraction of sp³-hybridized carbons (Fsp3) is 0.333. The van der Waals surface area contributed by atoms with Crippen LogP contribution in [0.5, 0.6) is 0 Å². The predicted molar refractivity (Wildman–Crippen MR) is 79.3 cm³/mol. The zero-order valence-corrected chi connectivity index (χ0v) is 12.3. The summed E-state index contributed by atoms with van der Waals surface area (Å²) in [6, 6.07) is 9.38. The largest absolute Gasteiger partial charge is 0.481 e. The minimum atomic E-state index is -0.880. The Morgan fingerprint density at radius 3 is 2.64 bits per heavy atom. The molecule has 7 nitrogen and oxygen atoms in total. The number of hydrogen-bond acceptors (Lipinski definition) is 4. The van der Waals surface area contributed by atoms with Gasteiger partial charge in [-0.1, -0.05) is 35.5 Å². The average molecular weight is 302 g/mol. The molecule has 2 aromatic rings. The molecule has 2 N–H and O–H groups in total. The van der Waals surface area contributed by atoms with Crippen molar-refractivity contribution in [3.63, 3.8) is 0 Å². The van der Waals surface area contributed by atoms with Gasteiger partial charge in [0.15, 0.2) is 0 Å². The number of hydrogen-bond donors (Lipinski definition) is 2. The van der Waals surface area contributed by atoms with Crippen molar-refractivity contribution in [3.8, 4) is 0 Å². The lowest BCUT2D eigenvalue weighted by molar-refractivity contribution is -0.137. The van der Waals surface area contributed by atoms with Gasteiger partial charge in [0.1, 0.15) is 5.69 Å². The molecule has 1 amide bonds. The molecule has 1 atom stereocenters. The van der Waals surface area contributed by atoms with Gasteiger partial charge in [0.05, 0.1) is 6.20 Å². The number of rotatable bonds is 7. The van der Waals surface area contributed by atoms with Gasteiger partial charge in [0.2, 0.25) is 0 Å². The number of aliphatic carboxylic acids is 1. The molecule has 0 saturated carbocycles. The number of nitrogens with one attached hydrogen (secondary N) is 1. The topological polar surface area (TPSA) is 97.1 Å². The number of carbonyl (C=O) groups is 2. The van der Waals surface area contributed by atoms with Gasteiger partial charge in [0.25, 0.3) is 5.91 Å². The summed E-state index contributed by atoms with van der Waals surface area (Å²) in [7, 11) is 1.63. The Hall–Kier alpha value is -2.70. The van der Waals surface area contributed by atoms with Crippen LogP contribution in [0.2, 0.25) is 0 Å². The quantitative estimate of drug-likeness (QED) is 0.796. The molecular weight excluding hydrogens is 284 g/mol. The van der Waals surface area contributed by atoms with E-state index in [0.717, 1.165) is 5.56 Å². The normalized spacial score (nSPS) is 11.9. The summed E-state index contributed by atoms with van der Waals surface area (Å²) in [5.41, 5.74) is 1.38. The molecule has 1 aromatic carbocycles. The van der Waals surface area contributed by atoms with E-state index >= 15 is 0 Å². The Bertz CT molecular complexity index is 639. The van der Waals surface area contributed by atoms with Crippen molar-refractivity contribution in [3.05, 3.63) is 47.8 Å². The maximum Gasteiger partial charge on any atom is 0.303 e. The van der Waals surface area contributed by atoms with E-state index in [0.29, 0.717) is 18.5 Å². The fourth-order valence-electron chi connectivity index (χ4n) is 2.18. The fourth-order valence-corrected chi connectivity index (χ4v) is 2.18. The third-order valence-corrected chi connectivity index (χ3v) is 3.31. The van der Waals surface area contributed by atoms with Crippen LogP contribution in [0.1, 0.15) is 28.9 Å². The maximum absolute atomic E-state index is 12.2. The molecule has 0 fully saturated rings. The van der Waals surface area contributed by atoms with Crippen molar-refractivity contribution in [2.75, 3.05) is 0 Å². The average Bonchev–Trinajstić information content (AvgIpc) is 2.92. The molecule has 0 aliphatic rings. The molecule has 1 unspecified atom stereocenters. The van der Waals surface area contributed by atoms with E-state index in [2.05, 4.69) is 15.6 Å². The van der Waals surface area contributed by atoms with E-state index in [1.165, 1.54) is 10.9 Å². The first-order valence-electron chi connectivity index (χ1n) is 6.97. The first-order chi connectivity index (χ1) is 10.6. The first-order valence-corrected chi connectivity index (χ1v) is 6.97. The maximum atomic E-state index is 12.2. The molecule has 0 saturated heterocycles. The predicted octanol–water partition coefficient (Wildman–Crippen LogP) is 1.02. The summed E-state index contributed by atoms with van der Waals surface area (Å²) in [6.07, 6.45) is 2.32. The monoisotopic (exact) mass is 302 g/mol. The smallest absolute Gasteiger partial charge is 0.303 e. The van der Waals surface area contributed by atoms with Gasteiger partial charge in [-0.15, -0.1) is 5.10 Å². The Morgan fingerprint density at radius 1 is 1.32 bits per heavy atom. The molecular formula is C15H18N4O3. The van der Waals surface area contributed by atoms with Gasteiger partial charge >= 0.3 is 5.97 Å². The molecule has 0 bridgehead atoms. The Kier molecular flexibility index (Phi) is 5.24. The number of aromatic nitrogens is 3. The molecule has 0 aliphatic heterocycles. The Labute approximate surface area is 128 Å². The van der Waals surface area contributed by atoms with Crippen molar-refractivity contribution in [1.29, 1.82) is 0 Å². The summed E-state index contributed by atoms with van der Waals surface area (Å²) in [6.45, 7) is 0. The zero-order chi connectivity index (χ0) is 15.9. The minimum Gasteiger partial charge on any atom is -0.481 e. The number of carbonyl (C=O) groups excluding carboxylic acids is 1. The molecule has 0 aliphatic carbocycles. The van der Waals surface area contributed by atoms with Gasteiger partial charge in [-0.25, -0.2) is 4.68 Å². The molecule has 1 heterocycles. The van der Waals surface area contributed by atoms with Crippen LogP contribution < -0.4 is 5.32 Å². The van der Waals surface area contributed by atoms with Crippen LogP contribution in [0.3, 0.4) is 0 Å². The molecule has 0 spiro atoms. The standard InChI is InChI=1S/C15H18N4O3/c1-19-13(10-16-18-19)15(22)17-12(7-8-14(20)21)9-11-5-3-2-4-6-11/h2-6,10,12H,7-9H2,1H3,(H,17,22)(H,20,21). The second kappa shape index (κ2) is 7.35. The van der Waals surface area contributed by atoms with Gasteiger partial charge in [-0.3, -0.25) is 9.59 Å². The van der Waals surface area contributed by atoms with Crippen LogP contribution in [0.25, 0.3) is 0 Å². The van der Waals surface area contributed by atoms with Crippen LogP contribution in [-0.2, 0) is 18.3 Å². The number of aryl methyl sites for hydroxylation is 1. The summed E-state index contributed by atoms with van der Waals surface area (Å²) in [5.74, 6) is -1.19. The minimum absolute atomic E-state index is 0.00141. The summed E-state index contributed by atoms with van der Waals surface area (Å²) in [5, 5.41) is 19.1. The molecule has 22 heavy (non-hydrogen) atoms.